The maximum absolute atomic E-state index is 12.4. The Balaban J connectivity index is 2.47. The van der Waals surface area contributed by atoms with Gasteiger partial charge >= 0.3 is 6.18 Å². The molecule has 0 saturated carbocycles. The standard InChI is InChI=1S/C10H5BrClF3N2/c11-7-1-2-8(12)9(3-7)17-5-6(4-16-17)10(13,14)15/h1-5H. The highest BCUT2D eigenvalue weighted by atomic mass is 79.9. The van der Waals surface area contributed by atoms with Crippen LogP contribution < -0.4 is 0 Å². The van der Waals surface area contributed by atoms with Crippen LogP contribution in [0.5, 0.6) is 0 Å². The zero-order valence-corrected chi connectivity index (χ0v) is 10.5. The van der Waals surface area contributed by atoms with Crippen LogP contribution in [0.4, 0.5) is 13.2 Å². The fraction of sp³-hybridized carbons (Fsp3) is 0.100. The number of alkyl halides is 3. The van der Waals surface area contributed by atoms with Gasteiger partial charge in [-0.3, -0.25) is 0 Å². The summed E-state index contributed by atoms with van der Waals surface area (Å²) in [5.41, 5.74) is -0.426. The SMILES string of the molecule is FC(F)(F)c1cnn(-c2cc(Br)ccc2Cl)c1. The first kappa shape index (κ1) is 12.4. The van der Waals surface area contributed by atoms with Gasteiger partial charge in [-0.25, -0.2) is 4.68 Å². The molecule has 0 aliphatic heterocycles. The lowest BCUT2D eigenvalue weighted by Gasteiger charge is -2.05. The lowest BCUT2D eigenvalue weighted by Crippen LogP contribution is -2.03. The van der Waals surface area contributed by atoms with Crippen molar-refractivity contribution < 1.29 is 13.2 Å². The Morgan fingerprint density at radius 3 is 2.59 bits per heavy atom. The van der Waals surface area contributed by atoms with Crippen LogP contribution in [0.1, 0.15) is 5.56 Å². The fourth-order valence-corrected chi connectivity index (χ4v) is 1.82. The minimum Gasteiger partial charge on any atom is -0.239 e. The summed E-state index contributed by atoms with van der Waals surface area (Å²) >= 11 is 9.11. The molecular weight excluding hydrogens is 320 g/mol. The zero-order valence-electron chi connectivity index (χ0n) is 8.17. The van der Waals surface area contributed by atoms with E-state index in [9.17, 15) is 13.2 Å². The number of aromatic nitrogens is 2. The maximum atomic E-state index is 12.4. The van der Waals surface area contributed by atoms with Crippen molar-refractivity contribution in [3.8, 4) is 5.69 Å². The Morgan fingerprint density at radius 1 is 1.29 bits per heavy atom. The van der Waals surface area contributed by atoms with Gasteiger partial charge in [0.05, 0.1) is 22.5 Å². The van der Waals surface area contributed by atoms with Gasteiger partial charge in [0.25, 0.3) is 0 Å². The summed E-state index contributed by atoms with van der Waals surface area (Å²) in [4.78, 5) is 0. The number of hydrogen-bond acceptors (Lipinski definition) is 1. The second kappa shape index (κ2) is 4.34. The highest BCUT2D eigenvalue weighted by Gasteiger charge is 2.32. The third-order valence-corrected chi connectivity index (χ3v) is 2.88. The van der Waals surface area contributed by atoms with E-state index in [2.05, 4.69) is 21.0 Å². The van der Waals surface area contributed by atoms with Crippen molar-refractivity contribution in [2.45, 2.75) is 6.18 Å². The quantitative estimate of drug-likeness (QED) is 0.764. The molecule has 0 unspecified atom stereocenters. The average Bonchev–Trinajstić information content (AvgIpc) is 2.70. The number of halogens is 5. The molecule has 0 bridgehead atoms. The van der Waals surface area contributed by atoms with Crippen LogP contribution in [0.2, 0.25) is 5.02 Å². The minimum absolute atomic E-state index is 0.324. The van der Waals surface area contributed by atoms with Gasteiger partial charge in [0.2, 0.25) is 0 Å². The monoisotopic (exact) mass is 324 g/mol. The first-order chi connectivity index (χ1) is 7.88. The molecule has 2 nitrogen and oxygen atoms in total. The Hall–Kier alpha value is -1.01. The van der Waals surface area contributed by atoms with Crippen molar-refractivity contribution in [2.75, 3.05) is 0 Å². The van der Waals surface area contributed by atoms with Gasteiger partial charge in [0, 0.05) is 10.7 Å². The van der Waals surface area contributed by atoms with Crippen molar-refractivity contribution in [3.05, 3.63) is 45.7 Å². The van der Waals surface area contributed by atoms with Crippen LogP contribution >= 0.6 is 27.5 Å². The highest BCUT2D eigenvalue weighted by molar-refractivity contribution is 9.10. The molecule has 0 saturated heterocycles. The van der Waals surface area contributed by atoms with Crippen LogP contribution in [-0.2, 0) is 6.18 Å². The topological polar surface area (TPSA) is 17.8 Å². The van der Waals surface area contributed by atoms with Crippen molar-refractivity contribution >= 4 is 27.5 Å². The predicted octanol–water partition coefficient (Wildman–Crippen LogP) is 4.31. The first-order valence-corrected chi connectivity index (χ1v) is 5.62. The molecule has 0 fully saturated rings. The molecule has 2 rings (SSSR count). The van der Waals surface area contributed by atoms with Crippen molar-refractivity contribution in [2.24, 2.45) is 0 Å². The number of nitrogens with zero attached hydrogens (tertiary/aromatic N) is 2. The molecule has 90 valence electrons. The summed E-state index contributed by atoms with van der Waals surface area (Å²) in [7, 11) is 0. The first-order valence-electron chi connectivity index (χ1n) is 4.45. The molecule has 1 heterocycles. The van der Waals surface area contributed by atoms with Crippen molar-refractivity contribution in [1.29, 1.82) is 0 Å². The van der Waals surface area contributed by atoms with Crippen LogP contribution in [-0.4, -0.2) is 9.78 Å². The van der Waals surface area contributed by atoms with Crippen molar-refractivity contribution in [1.82, 2.24) is 9.78 Å². The summed E-state index contributed by atoms with van der Waals surface area (Å²) in [6, 6.07) is 4.87. The van der Waals surface area contributed by atoms with Crippen LogP contribution in [0.25, 0.3) is 5.69 Å². The van der Waals surface area contributed by atoms with E-state index in [0.717, 1.165) is 17.1 Å². The lowest BCUT2D eigenvalue weighted by molar-refractivity contribution is -0.137. The summed E-state index contributed by atoms with van der Waals surface area (Å²) in [5, 5.41) is 3.97. The minimum atomic E-state index is -4.41. The summed E-state index contributed by atoms with van der Waals surface area (Å²) in [5.74, 6) is 0. The van der Waals surface area contributed by atoms with E-state index >= 15 is 0 Å². The summed E-state index contributed by atoms with van der Waals surface area (Å²) < 4.78 is 39.0. The zero-order chi connectivity index (χ0) is 12.6. The third kappa shape index (κ3) is 2.63. The molecule has 0 atom stereocenters. The normalized spacial score (nSPS) is 11.8. The van der Waals surface area contributed by atoms with Crippen LogP contribution in [0.3, 0.4) is 0 Å². The van der Waals surface area contributed by atoms with E-state index in [1.165, 1.54) is 0 Å². The van der Waals surface area contributed by atoms with E-state index in [1.807, 2.05) is 0 Å². The van der Waals surface area contributed by atoms with Gasteiger partial charge in [-0.15, -0.1) is 0 Å². The molecule has 0 aliphatic carbocycles. The third-order valence-electron chi connectivity index (χ3n) is 2.06. The smallest absolute Gasteiger partial charge is 0.239 e. The Labute approximate surface area is 108 Å². The number of rotatable bonds is 1. The molecule has 0 amide bonds. The second-order valence-corrected chi connectivity index (χ2v) is 4.59. The van der Waals surface area contributed by atoms with Crippen LogP contribution in [0.15, 0.2) is 35.1 Å². The van der Waals surface area contributed by atoms with Gasteiger partial charge in [-0.2, -0.15) is 18.3 Å². The lowest BCUT2D eigenvalue weighted by atomic mass is 10.3. The predicted molar refractivity (Wildman–Crippen MR) is 61.3 cm³/mol. The van der Waals surface area contributed by atoms with Crippen LogP contribution in [0, 0.1) is 0 Å². The molecule has 0 N–H and O–H groups in total. The maximum Gasteiger partial charge on any atom is 0.419 e. The van der Waals surface area contributed by atoms with Gasteiger partial charge in [0.15, 0.2) is 0 Å². The van der Waals surface area contributed by atoms with Gasteiger partial charge in [0.1, 0.15) is 0 Å². The summed E-state index contributed by atoms with van der Waals surface area (Å²) in [6.45, 7) is 0. The Bertz CT molecular complexity index is 551. The molecule has 0 radical (unpaired) electrons. The van der Waals surface area contributed by atoms with E-state index in [0.29, 0.717) is 15.2 Å². The largest absolute Gasteiger partial charge is 0.419 e. The van der Waals surface area contributed by atoms with Crippen molar-refractivity contribution in [3.63, 3.8) is 0 Å². The molecule has 7 heteroatoms. The number of benzene rings is 1. The molecule has 0 aliphatic rings. The van der Waals surface area contributed by atoms with Gasteiger partial charge < -0.3 is 0 Å². The van der Waals surface area contributed by atoms with Gasteiger partial charge in [-0.1, -0.05) is 27.5 Å². The highest BCUT2D eigenvalue weighted by Crippen LogP contribution is 2.30. The molecule has 0 spiro atoms. The molecule has 1 aromatic heterocycles. The Morgan fingerprint density at radius 2 is 2.00 bits per heavy atom. The van der Waals surface area contributed by atoms with E-state index in [-0.39, 0.29) is 0 Å². The summed E-state index contributed by atoms with van der Waals surface area (Å²) in [6.07, 6.45) is -2.75. The fourth-order valence-electron chi connectivity index (χ4n) is 1.26. The van der Waals surface area contributed by atoms with E-state index < -0.39 is 11.7 Å². The number of hydrogen-bond donors (Lipinski definition) is 0. The second-order valence-electron chi connectivity index (χ2n) is 3.27. The molecular formula is C10H5BrClF3N2. The molecule has 1 aromatic carbocycles. The Kier molecular flexibility index (Phi) is 3.18. The molecule has 17 heavy (non-hydrogen) atoms. The average molecular weight is 326 g/mol. The molecule has 2 aromatic rings. The van der Waals surface area contributed by atoms with E-state index in [1.54, 1.807) is 18.2 Å². The van der Waals surface area contributed by atoms with Gasteiger partial charge in [-0.05, 0) is 18.2 Å². The van der Waals surface area contributed by atoms with E-state index in [4.69, 9.17) is 11.6 Å².